The molecule has 0 saturated carbocycles. The Hall–Kier alpha value is -2.69. The van der Waals surface area contributed by atoms with E-state index in [0.29, 0.717) is 0 Å². The van der Waals surface area contributed by atoms with Gasteiger partial charge in [0.15, 0.2) is 9.84 Å². The second-order valence-corrected chi connectivity index (χ2v) is 9.36. The molecule has 1 saturated heterocycles. The minimum Gasteiger partial charge on any atom is -0.353 e. The quantitative estimate of drug-likeness (QED) is 0.761. The first-order chi connectivity index (χ1) is 13.9. The number of nitriles is 1. The normalized spacial score (nSPS) is 17.9. The van der Waals surface area contributed by atoms with Crippen molar-refractivity contribution in [2.24, 2.45) is 0 Å². The molecule has 29 heavy (non-hydrogen) atoms. The number of amides is 1. The third-order valence-electron chi connectivity index (χ3n) is 5.19. The molecule has 2 aromatic rings. The smallest absolute Gasteiger partial charge is 0.237 e. The Morgan fingerprint density at radius 2 is 1.76 bits per heavy atom. The molecule has 1 aliphatic rings. The number of carbonyl (C=O) groups is 1. The molecule has 0 spiro atoms. The number of hydrogen-bond acceptors (Lipinski definition) is 5. The molecule has 0 bridgehead atoms. The highest BCUT2D eigenvalue weighted by Gasteiger charge is 2.21. The summed E-state index contributed by atoms with van der Waals surface area (Å²) < 4.78 is 23.2. The highest BCUT2D eigenvalue weighted by Crippen LogP contribution is 2.24. The SMILES string of the molecule is CS(=O)(=O)c1ccc(-c2ccc([C@@H](C#N)CNC(=O)[C@@H]3CCCCN3)cc2)cc1. The van der Waals surface area contributed by atoms with E-state index < -0.39 is 15.8 Å². The Morgan fingerprint density at radius 1 is 1.14 bits per heavy atom. The highest BCUT2D eigenvalue weighted by molar-refractivity contribution is 7.90. The second kappa shape index (κ2) is 9.21. The van der Waals surface area contributed by atoms with Crippen molar-refractivity contribution in [3.8, 4) is 17.2 Å². The summed E-state index contributed by atoms with van der Waals surface area (Å²) >= 11 is 0. The van der Waals surface area contributed by atoms with E-state index in [4.69, 9.17) is 0 Å². The van der Waals surface area contributed by atoms with E-state index >= 15 is 0 Å². The molecule has 3 rings (SSSR count). The molecule has 1 heterocycles. The van der Waals surface area contributed by atoms with Crippen LogP contribution in [0.25, 0.3) is 11.1 Å². The van der Waals surface area contributed by atoms with Gasteiger partial charge in [-0.3, -0.25) is 4.79 Å². The van der Waals surface area contributed by atoms with Crippen molar-refractivity contribution < 1.29 is 13.2 Å². The van der Waals surface area contributed by atoms with E-state index in [9.17, 15) is 18.5 Å². The molecule has 1 amide bonds. The molecule has 152 valence electrons. The van der Waals surface area contributed by atoms with Gasteiger partial charge in [0.1, 0.15) is 0 Å². The molecule has 1 fully saturated rings. The van der Waals surface area contributed by atoms with Crippen LogP contribution in [0, 0.1) is 11.3 Å². The van der Waals surface area contributed by atoms with Crippen LogP contribution in [0.5, 0.6) is 0 Å². The second-order valence-electron chi connectivity index (χ2n) is 7.35. The molecule has 1 aliphatic heterocycles. The van der Waals surface area contributed by atoms with Gasteiger partial charge in [0.05, 0.1) is 22.9 Å². The fourth-order valence-corrected chi connectivity index (χ4v) is 4.07. The molecule has 0 unspecified atom stereocenters. The molecule has 0 aliphatic carbocycles. The van der Waals surface area contributed by atoms with Gasteiger partial charge in [0.25, 0.3) is 0 Å². The van der Waals surface area contributed by atoms with E-state index in [1.54, 1.807) is 24.3 Å². The molecular weight excluding hydrogens is 386 g/mol. The summed E-state index contributed by atoms with van der Waals surface area (Å²) in [6, 6.07) is 16.4. The molecule has 0 aromatic heterocycles. The lowest BCUT2D eigenvalue weighted by Gasteiger charge is -2.23. The topological polar surface area (TPSA) is 99.1 Å². The minimum atomic E-state index is -3.22. The summed E-state index contributed by atoms with van der Waals surface area (Å²) in [6.45, 7) is 1.13. The van der Waals surface area contributed by atoms with Crippen molar-refractivity contribution in [2.75, 3.05) is 19.3 Å². The van der Waals surface area contributed by atoms with E-state index in [0.717, 1.165) is 42.5 Å². The molecule has 6 nitrogen and oxygen atoms in total. The van der Waals surface area contributed by atoms with E-state index in [1.807, 2.05) is 24.3 Å². The lowest BCUT2D eigenvalue weighted by Crippen LogP contribution is -2.47. The molecule has 0 radical (unpaired) electrons. The summed E-state index contributed by atoms with van der Waals surface area (Å²) in [6.07, 6.45) is 4.14. The molecule has 7 heteroatoms. The van der Waals surface area contributed by atoms with Gasteiger partial charge in [-0.1, -0.05) is 42.8 Å². The number of rotatable bonds is 6. The monoisotopic (exact) mass is 411 g/mol. The van der Waals surface area contributed by atoms with Gasteiger partial charge in [0.2, 0.25) is 5.91 Å². The highest BCUT2D eigenvalue weighted by atomic mass is 32.2. The van der Waals surface area contributed by atoms with E-state index in [2.05, 4.69) is 16.7 Å². The van der Waals surface area contributed by atoms with Gasteiger partial charge in [-0.15, -0.1) is 0 Å². The Labute approximate surface area is 171 Å². The van der Waals surface area contributed by atoms with Crippen molar-refractivity contribution in [2.45, 2.75) is 36.1 Å². The Balaban J connectivity index is 1.64. The first-order valence-corrected chi connectivity index (χ1v) is 11.6. The maximum atomic E-state index is 12.3. The molecular formula is C22H25N3O3S. The predicted octanol–water partition coefficient (Wildman–Crippen LogP) is 2.62. The average molecular weight is 412 g/mol. The van der Waals surface area contributed by atoms with Crippen molar-refractivity contribution in [1.29, 1.82) is 5.26 Å². The lowest BCUT2D eigenvalue weighted by molar-refractivity contribution is -0.123. The van der Waals surface area contributed by atoms with Gasteiger partial charge >= 0.3 is 0 Å². The fourth-order valence-electron chi connectivity index (χ4n) is 3.44. The predicted molar refractivity (Wildman–Crippen MR) is 112 cm³/mol. The Kier molecular flexibility index (Phi) is 6.68. The third-order valence-corrected chi connectivity index (χ3v) is 6.32. The summed E-state index contributed by atoms with van der Waals surface area (Å²) in [4.78, 5) is 12.5. The van der Waals surface area contributed by atoms with Crippen LogP contribution >= 0.6 is 0 Å². The van der Waals surface area contributed by atoms with Gasteiger partial charge in [0, 0.05) is 12.8 Å². The lowest BCUT2D eigenvalue weighted by atomic mass is 9.97. The number of piperidine rings is 1. The summed E-state index contributed by atoms with van der Waals surface area (Å²) in [5, 5.41) is 15.6. The summed E-state index contributed by atoms with van der Waals surface area (Å²) in [5.41, 5.74) is 2.66. The van der Waals surface area contributed by atoms with Gasteiger partial charge in [-0.25, -0.2) is 8.42 Å². The zero-order chi connectivity index (χ0) is 20.9. The number of benzene rings is 2. The van der Waals surface area contributed by atoms with Crippen LogP contribution in [0.1, 0.15) is 30.7 Å². The number of sulfone groups is 1. The zero-order valence-electron chi connectivity index (χ0n) is 16.4. The molecule has 2 aromatic carbocycles. The molecule has 2 atom stereocenters. The summed E-state index contributed by atoms with van der Waals surface area (Å²) in [7, 11) is -3.22. The van der Waals surface area contributed by atoms with Gasteiger partial charge in [-0.05, 0) is 48.2 Å². The maximum Gasteiger partial charge on any atom is 0.237 e. The fraction of sp³-hybridized carbons (Fsp3) is 0.364. The van der Waals surface area contributed by atoms with Crippen LogP contribution < -0.4 is 10.6 Å². The Bertz CT molecular complexity index is 987. The van der Waals surface area contributed by atoms with Gasteiger partial charge in [-0.2, -0.15) is 5.26 Å². The standard InChI is InChI=1S/C22H25N3O3S/c1-29(27,28)20-11-9-17(10-12-20)16-5-7-18(8-6-16)19(14-23)15-25-22(26)21-4-2-3-13-24-21/h5-12,19,21,24H,2-4,13,15H2,1H3,(H,25,26)/t19-,21-/m0/s1. The average Bonchev–Trinajstić information content (AvgIpc) is 2.74. The number of nitrogens with zero attached hydrogens (tertiary/aromatic N) is 1. The van der Waals surface area contributed by atoms with E-state index in [1.165, 1.54) is 6.26 Å². The van der Waals surface area contributed by atoms with Crippen LogP contribution in [-0.2, 0) is 14.6 Å². The van der Waals surface area contributed by atoms with Crippen LogP contribution in [0.4, 0.5) is 0 Å². The number of nitrogens with one attached hydrogen (secondary N) is 2. The third kappa shape index (κ3) is 5.43. The first kappa shape index (κ1) is 21.0. The maximum absolute atomic E-state index is 12.3. The van der Waals surface area contributed by atoms with Gasteiger partial charge < -0.3 is 10.6 Å². The largest absolute Gasteiger partial charge is 0.353 e. The first-order valence-electron chi connectivity index (χ1n) is 9.69. The zero-order valence-corrected chi connectivity index (χ0v) is 17.2. The van der Waals surface area contributed by atoms with E-state index in [-0.39, 0.29) is 23.4 Å². The van der Waals surface area contributed by atoms with Crippen LogP contribution in [0.3, 0.4) is 0 Å². The minimum absolute atomic E-state index is 0.0486. The van der Waals surface area contributed by atoms with Crippen molar-refractivity contribution >= 4 is 15.7 Å². The van der Waals surface area contributed by atoms with Crippen LogP contribution in [-0.4, -0.2) is 39.7 Å². The van der Waals surface area contributed by atoms with Crippen LogP contribution in [0.2, 0.25) is 0 Å². The number of carbonyl (C=O) groups excluding carboxylic acids is 1. The Morgan fingerprint density at radius 3 is 2.28 bits per heavy atom. The summed E-state index contributed by atoms with van der Waals surface area (Å²) in [5.74, 6) is -0.475. The van der Waals surface area contributed by atoms with Crippen LogP contribution in [0.15, 0.2) is 53.4 Å². The number of hydrogen-bond donors (Lipinski definition) is 2. The van der Waals surface area contributed by atoms with Crippen molar-refractivity contribution in [3.63, 3.8) is 0 Å². The van der Waals surface area contributed by atoms with Crippen molar-refractivity contribution in [1.82, 2.24) is 10.6 Å². The molecule has 2 N–H and O–H groups in total. The van der Waals surface area contributed by atoms with Crippen molar-refractivity contribution in [3.05, 3.63) is 54.1 Å².